The molecule has 0 aliphatic heterocycles. The Balaban J connectivity index is 2.98. The summed E-state index contributed by atoms with van der Waals surface area (Å²) in [7, 11) is 1.93. The Hall–Kier alpha value is -1.15. The molecule has 1 aromatic heterocycles. The van der Waals surface area contributed by atoms with Gasteiger partial charge in [0.25, 0.3) is 0 Å². The van der Waals surface area contributed by atoms with Crippen LogP contribution in [0.2, 0.25) is 0 Å². The van der Waals surface area contributed by atoms with Gasteiger partial charge in [-0.3, -0.25) is 4.98 Å². The highest BCUT2D eigenvalue weighted by Gasteiger charge is 2.09. The van der Waals surface area contributed by atoms with E-state index in [-0.39, 0.29) is 6.04 Å². The predicted molar refractivity (Wildman–Crippen MR) is 55.6 cm³/mol. The molecular formula is C11H16N2. The van der Waals surface area contributed by atoms with Crippen molar-refractivity contribution in [3.05, 3.63) is 41.7 Å². The van der Waals surface area contributed by atoms with Crippen LogP contribution in [0.15, 0.2) is 30.6 Å². The van der Waals surface area contributed by atoms with E-state index in [0.717, 1.165) is 5.57 Å². The first-order valence-electron chi connectivity index (χ1n) is 4.39. The molecule has 1 rings (SSSR count). The topological polar surface area (TPSA) is 24.9 Å². The van der Waals surface area contributed by atoms with E-state index < -0.39 is 0 Å². The average Bonchev–Trinajstić information content (AvgIpc) is 2.04. The number of aromatic nitrogens is 1. The van der Waals surface area contributed by atoms with Crippen molar-refractivity contribution < 1.29 is 0 Å². The summed E-state index contributed by atoms with van der Waals surface area (Å²) in [4.78, 5) is 4.15. The Labute approximate surface area is 79.7 Å². The second-order valence-corrected chi connectivity index (χ2v) is 3.36. The molecule has 0 bridgehead atoms. The molecule has 0 aliphatic rings. The van der Waals surface area contributed by atoms with Gasteiger partial charge in [-0.05, 0) is 32.0 Å². The van der Waals surface area contributed by atoms with Gasteiger partial charge in [0, 0.05) is 12.4 Å². The first kappa shape index (κ1) is 9.93. The molecule has 70 valence electrons. The maximum atomic E-state index is 4.15. The van der Waals surface area contributed by atoms with Crippen molar-refractivity contribution in [2.45, 2.75) is 19.9 Å². The third kappa shape index (κ3) is 2.39. The number of nitrogens with one attached hydrogen (secondary N) is 1. The van der Waals surface area contributed by atoms with Gasteiger partial charge in [-0.15, -0.1) is 0 Å². The summed E-state index contributed by atoms with van der Waals surface area (Å²) < 4.78 is 0. The van der Waals surface area contributed by atoms with E-state index in [1.54, 1.807) is 0 Å². The molecule has 0 spiro atoms. The number of hydrogen-bond acceptors (Lipinski definition) is 2. The summed E-state index contributed by atoms with van der Waals surface area (Å²) in [6.45, 7) is 8.00. The summed E-state index contributed by atoms with van der Waals surface area (Å²) in [5.41, 5.74) is 3.46. The molecule has 2 nitrogen and oxygen atoms in total. The molecule has 0 aromatic carbocycles. The van der Waals surface area contributed by atoms with Crippen LogP contribution in [-0.4, -0.2) is 12.0 Å². The van der Waals surface area contributed by atoms with Crippen LogP contribution in [0.3, 0.4) is 0 Å². The fourth-order valence-corrected chi connectivity index (χ4v) is 1.43. The van der Waals surface area contributed by atoms with Gasteiger partial charge in [0.1, 0.15) is 0 Å². The summed E-state index contributed by atoms with van der Waals surface area (Å²) in [5, 5.41) is 3.21. The second-order valence-electron chi connectivity index (χ2n) is 3.36. The van der Waals surface area contributed by atoms with Gasteiger partial charge >= 0.3 is 0 Å². The van der Waals surface area contributed by atoms with Gasteiger partial charge in [-0.2, -0.15) is 0 Å². The maximum Gasteiger partial charge on any atom is 0.0543 e. The number of hydrogen-bond donors (Lipinski definition) is 1. The minimum atomic E-state index is 0.215. The van der Waals surface area contributed by atoms with Crippen LogP contribution in [0.25, 0.3) is 0 Å². The molecule has 1 aromatic rings. The third-order valence-corrected chi connectivity index (χ3v) is 2.01. The zero-order chi connectivity index (χ0) is 9.84. The first-order valence-corrected chi connectivity index (χ1v) is 4.39. The highest BCUT2D eigenvalue weighted by atomic mass is 14.9. The van der Waals surface area contributed by atoms with E-state index in [2.05, 4.69) is 22.9 Å². The lowest BCUT2D eigenvalue weighted by Gasteiger charge is -2.16. The van der Waals surface area contributed by atoms with Crippen LogP contribution < -0.4 is 5.32 Å². The number of aryl methyl sites for hydroxylation is 1. The van der Waals surface area contributed by atoms with Crippen molar-refractivity contribution in [1.29, 1.82) is 0 Å². The zero-order valence-electron chi connectivity index (χ0n) is 8.46. The average molecular weight is 176 g/mol. The maximum absolute atomic E-state index is 4.15. The van der Waals surface area contributed by atoms with Gasteiger partial charge in [0.05, 0.1) is 6.04 Å². The number of rotatable bonds is 3. The second kappa shape index (κ2) is 4.19. The van der Waals surface area contributed by atoms with Gasteiger partial charge in [0.2, 0.25) is 0 Å². The van der Waals surface area contributed by atoms with E-state index in [0.29, 0.717) is 0 Å². The lowest BCUT2D eigenvalue weighted by molar-refractivity contribution is 0.676. The van der Waals surface area contributed by atoms with E-state index in [1.807, 2.05) is 33.3 Å². The smallest absolute Gasteiger partial charge is 0.0543 e. The van der Waals surface area contributed by atoms with Crippen molar-refractivity contribution in [3.8, 4) is 0 Å². The van der Waals surface area contributed by atoms with E-state index in [9.17, 15) is 0 Å². The van der Waals surface area contributed by atoms with Crippen LogP contribution in [0, 0.1) is 6.92 Å². The van der Waals surface area contributed by atoms with Crippen LogP contribution in [0.1, 0.15) is 24.1 Å². The summed E-state index contributed by atoms with van der Waals surface area (Å²) in [6.07, 6.45) is 3.73. The monoisotopic (exact) mass is 176 g/mol. The van der Waals surface area contributed by atoms with Gasteiger partial charge in [0.15, 0.2) is 0 Å². The molecule has 13 heavy (non-hydrogen) atoms. The first-order chi connectivity index (χ1) is 6.15. The van der Waals surface area contributed by atoms with Crippen molar-refractivity contribution >= 4 is 0 Å². The normalized spacial score (nSPS) is 12.5. The summed E-state index contributed by atoms with van der Waals surface area (Å²) >= 11 is 0. The molecule has 0 saturated heterocycles. The van der Waals surface area contributed by atoms with Gasteiger partial charge in [-0.25, -0.2) is 0 Å². The fourth-order valence-electron chi connectivity index (χ4n) is 1.43. The minimum Gasteiger partial charge on any atom is -0.310 e. The highest BCUT2D eigenvalue weighted by molar-refractivity contribution is 5.26. The Kier molecular flexibility index (Phi) is 3.20. The molecule has 0 amide bonds. The molecule has 1 N–H and O–H groups in total. The number of pyridine rings is 1. The highest BCUT2D eigenvalue weighted by Crippen LogP contribution is 2.18. The molecule has 0 fully saturated rings. The number of likely N-dealkylation sites (N-methyl/N-ethyl adjacent to an activating group) is 1. The molecule has 0 radical (unpaired) electrons. The molecule has 1 heterocycles. The van der Waals surface area contributed by atoms with Crippen LogP contribution >= 0.6 is 0 Å². The molecule has 0 saturated carbocycles. The van der Waals surface area contributed by atoms with Gasteiger partial charge in [-0.1, -0.05) is 18.2 Å². The largest absolute Gasteiger partial charge is 0.310 e. The molecule has 0 aliphatic carbocycles. The third-order valence-electron chi connectivity index (χ3n) is 2.01. The minimum absolute atomic E-state index is 0.215. The fraction of sp³-hybridized carbons (Fsp3) is 0.364. The predicted octanol–water partition coefficient (Wildman–Crippen LogP) is 2.23. The standard InChI is InChI=1S/C11H16N2/c1-8(2)11(12-4)10-5-9(3)6-13-7-10/h5-7,11-12H,1H2,2-4H3. The molecule has 1 atom stereocenters. The zero-order valence-corrected chi connectivity index (χ0v) is 8.46. The summed E-state index contributed by atoms with van der Waals surface area (Å²) in [5.74, 6) is 0. The van der Waals surface area contributed by atoms with Crippen LogP contribution in [0.4, 0.5) is 0 Å². The van der Waals surface area contributed by atoms with Crippen molar-refractivity contribution in [1.82, 2.24) is 10.3 Å². The Morgan fingerprint density at radius 1 is 1.54 bits per heavy atom. The Bertz CT molecular complexity index is 305. The van der Waals surface area contributed by atoms with Gasteiger partial charge < -0.3 is 5.32 Å². The molecule has 2 heteroatoms. The lowest BCUT2D eigenvalue weighted by Crippen LogP contribution is -2.17. The Morgan fingerprint density at radius 3 is 2.69 bits per heavy atom. The molecule has 1 unspecified atom stereocenters. The van der Waals surface area contributed by atoms with E-state index >= 15 is 0 Å². The van der Waals surface area contributed by atoms with Crippen molar-refractivity contribution in [2.75, 3.05) is 7.05 Å². The quantitative estimate of drug-likeness (QED) is 0.714. The SMILES string of the molecule is C=C(C)C(NC)c1cncc(C)c1. The molecular weight excluding hydrogens is 160 g/mol. The van der Waals surface area contributed by atoms with Crippen LogP contribution in [-0.2, 0) is 0 Å². The Morgan fingerprint density at radius 2 is 2.23 bits per heavy atom. The van der Waals surface area contributed by atoms with Crippen LogP contribution in [0.5, 0.6) is 0 Å². The van der Waals surface area contributed by atoms with Crippen molar-refractivity contribution in [3.63, 3.8) is 0 Å². The van der Waals surface area contributed by atoms with Crippen molar-refractivity contribution in [2.24, 2.45) is 0 Å². The lowest BCUT2D eigenvalue weighted by atomic mass is 10.0. The van der Waals surface area contributed by atoms with E-state index in [4.69, 9.17) is 0 Å². The summed E-state index contributed by atoms with van der Waals surface area (Å²) in [6, 6.07) is 2.34. The van der Waals surface area contributed by atoms with E-state index in [1.165, 1.54) is 11.1 Å². The number of nitrogens with zero attached hydrogens (tertiary/aromatic N) is 1.